The van der Waals surface area contributed by atoms with Gasteiger partial charge in [0.15, 0.2) is 0 Å². The van der Waals surface area contributed by atoms with Crippen LogP contribution < -0.4 is 9.80 Å². The first-order chi connectivity index (χ1) is 19.2. The third-order valence-electron chi connectivity index (χ3n) is 8.26. The third kappa shape index (κ3) is 2.41. The Labute approximate surface area is 228 Å². The molecule has 0 aromatic heterocycles. The van der Waals surface area contributed by atoms with Crippen LogP contribution in [0, 0.1) is 0 Å². The van der Waals surface area contributed by atoms with Crippen LogP contribution in [0.2, 0.25) is 0 Å². The molecule has 5 heterocycles. The fourth-order valence-electron chi connectivity index (χ4n) is 6.96. The number of carbonyl (C=O) groups is 3. The molecule has 8 rings (SSSR count). The summed E-state index contributed by atoms with van der Waals surface area (Å²) in [5.74, 6) is -5.10. The van der Waals surface area contributed by atoms with Crippen molar-refractivity contribution in [2.75, 3.05) is 9.80 Å². The molecule has 0 saturated carbocycles. The minimum Gasteiger partial charge on any atom is -0.308 e. The number of imide groups is 1. The van der Waals surface area contributed by atoms with Crippen LogP contribution in [0.5, 0.6) is 0 Å². The van der Waals surface area contributed by atoms with Gasteiger partial charge in [0, 0.05) is 37.5 Å². The molecule has 10 heteroatoms. The standard InChI is InChI=1S/C30H23N3O7/c1-17(34)32-22-15-9-7-13-20(22)28(26(32)36)29-21-14-8-10-16-23(21)33(18(2)35)30(29,40-28)38-25-24(19-11-5-4-6-12-19)31-27(3,37-25)39-29/h4-16,25H,1-3H3/t25-,27+,28?,29-,30-/m0/s1. The third-order valence-corrected chi connectivity index (χ3v) is 8.26. The van der Waals surface area contributed by atoms with Crippen LogP contribution in [0.4, 0.5) is 11.4 Å². The van der Waals surface area contributed by atoms with Crippen molar-refractivity contribution in [3.63, 3.8) is 0 Å². The maximum absolute atomic E-state index is 14.5. The molecule has 2 bridgehead atoms. The Morgan fingerprint density at radius 1 is 0.800 bits per heavy atom. The highest BCUT2D eigenvalue weighted by molar-refractivity contribution is 6.23. The molecular formula is C30H23N3O7. The van der Waals surface area contributed by atoms with Gasteiger partial charge >= 0.3 is 5.91 Å². The van der Waals surface area contributed by atoms with Gasteiger partial charge in [-0.2, -0.15) is 0 Å². The molecule has 1 unspecified atom stereocenters. The first kappa shape index (κ1) is 23.6. The number of nitrogens with zero attached hydrogens (tertiary/aromatic N) is 3. The summed E-state index contributed by atoms with van der Waals surface area (Å²) in [6, 6.07) is 23.4. The van der Waals surface area contributed by atoms with Crippen molar-refractivity contribution in [3.8, 4) is 0 Å². The largest absolute Gasteiger partial charge is 0.308 e. The number of aliphatic imine (C=N–C) groups is 1. The lowest BCUT2D eigenvalue weighted by molar-refractivity contribution is -0.489. The van der Waals surface area contributed by atoms with E-state index in [1.165, 1.54) is 18.7 Å². The fourth-order valence-corrected chi connectivity index (χ4v) is 6.96. The summed E-state index contributed by atoms with van der Waals surface area (Å²) in [6.07, 6.45) is -1.10. The van der Waals surface area contributed by atoms with E-state index in [0.29, 0.717) is 28.2 Å². The van der Waals surface area contributed by atoms with Crippen molar-refractivity contribution in [2.45, 2.75) is 50.1 Å². The van der Waals surface area contributed by atoms with Gasteiger partial charge in [-0.25, -0.2) is 9.89 Å². The number of hydrogen-bond donors (Lipinski definition) is 0. The summed E-state index contributed by atoms with van der Waals surface area (Å²) < 4.78 is 26.6. The SMILES string of the molecule is CC(=O)N1C(=O)C2(O[C@@]34O[C@@H]5O[C@@](C)(N=C5c5ccccc5)O[C@@]23c2ccccc2N4C(C)=O)c2ccccc21. The Morgan fingerprint density at radius 3 is 2.15 bits per heavy atom. The zero-order chi connectivity index (χ0) is 27.7. The molecule has 5 aliphatic rings. The maximum Gasteiger partial charge on any atom is 0.301 e. The molecule has 40 heavy (non-hydrogen) atoms. The minimum atomic E-state index is -1.95. The Balaban J connectivity index is 1.44. The van der Waals surface area contributed by atoms with Gasteiger partial charge in [0.05, 0.1) is 11.4 Å². The van der Waals surface area contributed by atoms with Gasteiger partial charge in [0.1, 0.15) is 5.71 Å². The molecule has 3 aromatic rings. The van der Waals surface area contributed by atoms with Crippen LogP contribution in [-0.2, 0) is 44.5 Å². The second-order valence-electron chi connectivity index (χ2n) is 10.5. The molecule has 2 fully saturated rings. The van der Waals surface area contributed by atoms with Gasteiger partial charge in [-0.1, -0.05) is 66.7 Å². The monoisotopic (exact) mass is 537 g/mol. The highest BCUT2D eigenvalue weighted by Gasteiger charge is 2.93. The summed E-state index contributed by atoms with van der Waals surface area (Å²) in [7, 11) is 0. The van der Waals surface area contributed by atoms with Gasteiger partial charge < -0.3 is 9.47 Å². The van der Waals surface area contributed by atoms with E-state index in [1.54, 1.807) is 55.5 Å². The van der Waals surface area contributed by atoms with Gasteiger partial charge in [-0.15, -0.1) is 0 Å². The number of carbonyl (C=O) groups excluding carboxylic acids is 3. The summed E-state index contributed by atoms with van der Waals surface area (Å²) in [5.41, 5.74) is -0.721. The molecule has 0 radical (unpaired) electrons. The summed E-state index contributed by atoms with van der Waals surface area (Å²) >= 11 is 0. The summed E-state index contributed by atoms with van der Waals surface area (Å²) in [5, 5.41) is 0. The van der Waals surface area contributed by atoms with E-state index in [9.17, 15) is 14.4 Å². The average Bonchev–Trinajstić information content (AvgIpc) is 3.43. The zero-order valence-corrected chi connectivity index (χ0v) is 21.8. The number of fused-ring (bicyclic) bond motifs is 5. The smallest absolute Gasteiger partial charge is 0.301 e. The van der Waals surface area contributed by atoms with Crippen molar-refractivity contribution < 1.29 is 33.3 Å². The quantitative estimate of drug-likeness (QED) is 0.469. The van der Waals surface area contributed by atoms with Gasteiger partial charge in [0.25, 0.3) is 11.8 Å². The fraction of sp³-hybridized carbons (Fsp3) is 0.267. The van der Waals surface area contributed by atoms with Gasteiger partial charge in [-0.3, -0.25) is 28.8 Å². The van der Waals surface area contributed by atoms with E-state index in [-0.39, 0.29) is 0 Å². The first-order valence-electron chi connectivity index (χ1n) is 13.0. The number of anilines is 2. The second kappa shape index (κ2) is 7.29. The van der Waals surface area contributed by atoms with Crippen LogP contribution in [0.25, 0.3) is 0 Å². The van der Waals surface area contributed by atoms with E-state index < -0.39 is 47.0 Å². The zero-order valence-electron chi connectivity index (χ0n) is 21.8. The van der Waals surface area contributed by atoms with Crippen LogP contribution in [-0.4, -0.2) is 41.5 Å². The van der Waals surface area contributed by atoms with Crippen molar-refractivity contribution in [1.82, 2.24) is 0 Å². The van der Waals surface area contributed by atoms with Crippen molar-refractivity contribution in [3.05, 3.63) is 95.6 Å². The topological polar surface area (TPSA) is 107 Å². The van der Waals surface area contributed by atoms with E-state index >= 15 is 0 Å². The molecule has 0 N–H and O–H groups in total. The minimum absolute atomic E-state index is 0.374. The lowest BCUT2D eigenvalue weighted by atomic mass is 9.67. The Morgan fingerprint density at radius 2 is 1.45 bits per heavy atom. The van der Waals surface area contributed by atoms with Gasteiger partial charge in [0.2, 0.25) is 29.3 Å². The van der Waals surface area contributed by atoms with Crippen LogP contribution >= 0.6 is 0 Å². The number of hydrogen-bond acceptors (Lipinski definition) is 8. The predicted molar refractivity (Wildman–Crippen MR) is 140 cm³/mol. The molecular weight excluding hydrogens is 514 g/mol. The Bertz CT molecular complexity index is 1710. The Hall–Kier alpha value is -4.22. The molecule has 2 saturated heterocycles. The Kier molecular flexibility index (Phi) is 4.31. The molecule has 5 aliphatic heterocycles. The van der Waals surface area contributed by atoms with Crippen molar-refractivity contribution in [2.24, 2.45) is 4.99 Å². The van der Waals surface area contributed by atoms with Gasteiger partial charge in [-0.05, 0) is 12.1 Å². The number of ether oxygens (including phenoxy) is 4. The molecule has 3 amide bonds. The second-order valence-corrected chi connectivity index (χ2v) is 10.5. The lowest BCUT2D eigenvalue weighted by Gasteiger charge is -2.63. The number of amides is 3. The highest BCUT2D eigenvalue weighted by Crippen LogP contribution is 2.76. The normalized spacial score (nSPS) is 34.4. The highest BCUT2D eigenvalue weighted by atomic mass is 16.9. The lowest BCUT2D eigenvalue weighted by Crippen LogP contribution is -2.85. The van der Waals surface area contributed by atoms with Crippen LogP contribution in [0.15, 0.2) is 83.9 Å². The van der Waals surface area contributed by atoms with E-state index in [1.807, 2.05) is 30.3 Å². The van der Waals surface area contributed by atoms with E-state index in [0.717, 1.165) is 10.5 Å². The number of benzene rings is 3. The number of rotatable bonds is 1. The molecule has 200 valence electrons. The van der Waals surface area contributed by atoms with E-state index in [4.69, 9.17) is 23.9 Å². The molecule has 1 spiro atoms. The molecule has 0 aliphatic carbocycles. The molecule has 3 aromatic carbocycles. The summed E-state index contributed by atoms with van der Waals surface area (Å²) in [4.78, 5) is 47.9. The van der Waals surface area contributed by atoms with Crippen molar-refractivity contribution >= 4 is 34.8 Å². The summed E-state index contributed by atoms with van der Waals surface area (Å²) in [6.45, 7) is 4.35. The maximum atomic E-state index is 14.5. The average molecular weight is 538 g/mol. The van der Waals surface area contributed by atoms with E-state index in [2.05, 4.69) is 0 Å². The number of para-hydroxylation sites is 2. The predicted octanol–water partition coefficient (Wildman–Crippen LogP) is 3.29. The van der Waals surface area contributed by atoms with Crippen LogP contribution in [0.3, 0.4) is 0 Å². The molecule has 10 nitrogen and oxygen atoms in total. The van der Waals surface area contributed by atoms with Crippen LogP contribution in [0.1, 0.15) is 37.5 Å². The van der Waals surface area contributed by atoms with Crippen molar-refractivity contribution in [1.29, 1.82) is 0 Å². The molecule has 5 atom stereocenters. The first-order valence-corrected chi connectivity index (χ1v) is 13.0.